The molecular formula is C112H176N4O27. The maximum Gasteiger partial charge on any atom is 0.302 e. The number of esters is 3. The Morgan fingerprint density at radius 2 is 0.685 bits per heavy atom. The van der Waals surface area contributed by atoms with Crippen molar-refractivity contribution in [1.82, 2.24) is 20.9 Å². The highest BCUT2D eigenvalue weighted by atomic mass is 16.7. The van der Waals surface area contributed by atoms with Crippen LogP contribution in [0.1, 0.15) is 318 Å². The van der Waals surface area contributed by atoms with Crippen molar-refractivity contribution in [2.45, 2.75) is 362 Å². The molecule has 0 bridgehead atoms. The molecule has 0 spiro atoms. The van der Waals surface area contributed by atoms with Gasteiger partial charge in [-0.15, -0.1) is 0 Å². The molecule has 31 nitrogen and oxygen atoms in total. The lowest BCUT2D eigenvalue weighted by Crippen LogP contribution is -2.58. The molecule has 0 radical (unpaired) electrons. The second kappa shape index (κ2) is 67.6. The molecular weight excluding hydrogens is 1830 g/mol. The van der Waals surface area contributed by atoms with E-state index in [4.69, 9.17) is 71.1 Å². The number of methoxy groups -OCH3 is 2. The van der Waals surface area contributed by atoms with E-state index in [2.05, 4.69) is 78.3 Å². The number of β-amino-alcohol motifs (C(OH)–C–C–N with tert-alkyl or cyclic N) is 1. The van der Waals surface area contributed by atoms with Gasteiger partial charge in [0.15, 0.2) is 18.9 Å². The highest BCUT2D eigenvalue weighted by Gasteiger charge is 2.46. The Balaban J connectivity index is 0.900. The number of hydrogen-bond donors (Lipinski definition) is 4. The van der Waals surface area contributed by atoms with Crippen LogP contribution >= 0.6 is 0 Å². The lowest BCUT2D eigenvalue weighted by molar-refractivity contribution is -0.255. The van der Waals surface area contributed by atoms with E-state index < -0.39 is 36.1 Å². The summed E-state index contributed by atoms with van der Waals surface area (Å²) < 4.78 is 90.1. The molecule has 7 rings (SSSR count). The van der Waals surface area contributed by atoms with Gasteiger partial charge in [0.1, 0.15) is 65.6 Å². The summed E-state index contributed by atoms with van der Waals surface area (Å²) in [5.41, 5.74) is 0.205. The van der Waals surface area contributed by atoms with Gasteiger partial charge in [0.05, 0.1) is 90.9 Å². The fourth-order valence-corrected chi connectivity index (χ4v) is 19.2. The van der Waals surface area contributed by atoms with Crippen LogP contribution in [0.3, 0.4) is 0 Å². The molecule has 17 atom stereocenters. The standard InChI is InChI=1S/C112H176N4O27/c1-78-81(4)101(72-137-87(10)117)141-108(84(78)7)134-63-35-32-45-94(120)41-26-22-28-43-96(122)58-66-131-75-111(76-132-67-59-97(123)44-29-23-27-42-95(121)46-33-36-64-135-109-85(8)79(2)82(5)102(142-109)73-138-88(11)118,77-133-68-60-105(126)114-62-38-61-113-104(125)47-34-37-65-136-110-86(9)80(3)83(6)103(143-110)74-139-89(12)119)115-106(127)48-30-19-17-15-16-18-20-31-49-107(128)116-70-98(124)69-93(116)71-140-112(90-39-24-21-25-40-90,91-50-54-99(129-13)55-51-91)92-52-56-100(130-14)57-53-92/h21,24-25,39-40,50-57,78-86,93,98,101-103,108-110,124H,15-20,22-23,26-38,41-49,58-77H2,1-14H3,(H,113,125)(H,114,126)(H,115,127)/t78?,79?,80?,81?,82?,83?,84?,85?,86?,93-,98+,101?,102?,103?,108?,109?,110?,111?/m0/s1. The van der Waals surface area contributed by atoms with Crippen molar-refractivity contribution < 1.29 is 129 Å². The predicted octanol–water partition coefficient (Wildman–Crippen LogP) is 16.9. The number of carbonyl (C=O) groups is 11. The average Bonchev–Trinajstić information content (AvgIpc) is 1.54. The minimum Gasteiger partial charge on any atom is -0.497 e. The van der Waals surface area contributed by atoms with Gasteiger partial charge >= 0.3 is 17.9 Å². The molecule has 4 aliphatic rings. The van der Waals surface area contributed by atoms with Gasteiger partial charge < -0.3 is 97.0 Å². The number of amides is 4. The van der Waals surface area contributed by atoms with E-state index in [0.717, 1.165) is 55.2 Å². The number of benzene rings is 3. The molecule has 4 amide bonds. The van der Waals surface area contributed by atoms with Crippen LogP contribution in [0.25, 0.3) is 0 Å². The summed E-state index contributed by atoms with van der Waals surface area (Å²) in [6.07, 6.45) is 15.6. The Morgan fingerprint density at radius 1 is 0.357 bits per heavy atom. The van der Waals surface area contributed by atoms with Gasteiger partial charge in [0, 0.05) is 155 Å². The molecule has 4 N–H and O–H groups in total. The molecule has 0 saturated carbocycles. The zero-order chi connectivity index (χ0) is 104. The maximum atomic E-state index is 14.4. The number of nitrogens with one attached hydrogen (secondary N) is 3. The van der Waals surface area contributed by atoms with Gasteiger partial charge in [-0.25, -0.2) is 0 Å². The summed E-state index contributed by atoms with van der Waals surface area (Å²) in [5.74, 6) is 1.73. The molecule has 4 fully saturated rings. The number of ketones is 4. The molecule has 4 heterocycles. The number of aliphatic hydroxyl groups excluding tert-OH is 1. The Hall–Kier alpha value is -8.21. The summed E-state index contributed by atoms with van der Waals surface area (Å²) in [7, 11) is 3.25. The zero-order valence-corrected chi connectivity index (χ0v) is 88.7. The monoisotopic (exact) mass is 2010 g/mol. The maximum absolute atomic E-state index is 14.4. The van der Waals surface area contributed by atoms with Crippen LogP contribution in [0, 0.1) is 53.3 Å². The van der Waals surface area contributed by atoms with Crippen molar-refractivity contribution in [1.29, 1.82) is 0 Å². The van der Waals surface area contributed by atoms with Crippen molar-refractivity contribution in [3.8, 4) is 11.5 Å². The van der Waals surface area contributed by atoms with Crippen molar-refractivity contribution >= 4 is 64.7 Å². The highest BCUT2D eigenvalue weighted by molar-refractivity contribution is 5.81. The molecule has 0 aromatic heterocycles. The Morgan fingerprint density at radius 3 is 1.08 bits per heavy atom. The van der Waals surface area contributed by atoms with Gasteiger partial charge in [-0.1, -0.05) is 168 Å². The number of carbonyl (C=O) groups excluding carboxylic acids is 11. The van der Waals surface area contributed by atoms with Crippen molar-refractivity contribution in [2.75, 3.05) is 120 Å². The van der Waals surface area contributed by atoms with Gasteiger partial charge in [-0.2, -0.15) is 0 Å². The van der Waals surface area contributed by atoms with E-state index in [-0.39, 0.29) is 229 Å². The van der Waals surface area contributed by atoms with E-state index in [9.17, 15) is 57.8 Å². The minimum atomic E-state index is -1.33. The molecule has 4 saturated heterocycles. The van der Waals surface area contributed by atoms with Crippen molar-refractivity contribution in [2.24, 2.45) is 53.3 Å². The van der Waals surface area contributed by atoms with Crippen LogP contribution in [0.5, 0.6) is 11.5 Å². The summed E-state index contributed by atoms with van der Waals surface area (Å²) in [4.78, 5) is 144. The third kappa shape index (κ3) is 44.4. The normalized spacial score (nSPS) is 23.2. The Bertz CT molecular complexity index is 3900. The van der Waals surface area contributed by atoms with Crippen LogP contribution in [0.4, 0.5) is 0 Å². The van der Waals surface area contributed by atoms with E-state index in [0.29, 0.717) is 210 Å². The number of Topliss-reactive ketones (excluding diaryl/α,β-unsaturated/α-hetero) is 4. The lowest BCUT2D eigenvalue weighted by atomic mass is 9.79. The zero-order valence-electron chi connectivity index (χ0n) is 88.7. The Kier molecular flexibility index (Phi) is 57.6. The van der Waals surface area contributed by atoms with Crippen LogP contribution in [-0.4, -0.2) is 249 Å². The van der Waals surface area contributed by atoms with Crippen LogP contribution in [-0.2, 0) is 120 Å². The molecule has 143 heavy (non-hydrogen) atoms. The first-order chi connectivity index (χ1) is 68.8. The summed E-state index contributed by atoms with van der Waals surface area (Å²) >= 11 is 0. The van der Waals surface area contributed by atoms with Crippen molar-refractivity contribution in [3.05, 3.63) is 95.6 Å². The molecule has 806 valence electrons. The number of hydrogen-bond acceptors (Lipinski definition) is 27. The SMILES string of the molecule is COc1ccc(C(OC[C@@H]2C[C@@H](O)CN2C(=O)CCCCCCCCCCC(=O)NC(COCCC(=O)CCCCCC(=O)CCCCOC2OC(COC(C)=O)C(C)C(C)C2C)(COCCC(=O)CCCCCC(=O)CCCCOC2OC(COC(C)=O)C(C)C(C)C2C)COCCC(=O)NCCCNC(=O)CCCCOC2OC(COC(C)=O)C(C)C(C)C2C)(c2ccccc2)c2ccc(OC)cc2)cc1. The van der Waals surface area contributed by atoms with Gasteiger partial charge in [0.2, 0.25) is 23.6 Å². The van der Waals surface area contributed by atoms with E-state index >= 15 is 0 Å². The van der Waals surface area contributed by atoms with E-state index in [1.807, 2.05) is 78.9 Å². The number of unbranched alkanes of at least 4 members (excludes halogenated alkanes) is 14. The summed E-state index contributed by atoms with van der Waals surface area (Å²) in [5, 5.41) is 20.1. The van der Waals surface area contributed by atoms with Gasteiger partial charge in [-0.3, -0.25) is 52.7 Å². The summed E-state index contributed by atoms with van der Waals surface area (Å²) in [6.45, 7) is 25.6. The fraction of sp³-hybridized carbons (Fsp3) is 0.741. The first-order valence-corrected chi connectivity index (χ1v) is 53.6. The largest absolute Gasteiger partial charge is 0.497 e. The first-order valence-electron chi connectivity index (χ1n) is 53.6. The number of rotatable bonds is 75. The van der Waals surface area contributed by atoms with Crippen LogP contribution < -0.4 is 25.4 Å². The average molecular weight is 2010 g/mol. The molecule has 3 aromatic rings. The van der Waals surface area contributed by atoms with Crippen LogP contribution in [0.2, 0.25) is 0 Å². The number of nitrogens with zero attached hydrogens (tertiary/aromatic N) is 1. The highest BCUT2D eigenvalue weighted by Crippen LogP contribution is 2.44. The molecule has 3 aromatic carbocycles. The Labute approximate surface area is 852 Å². The van der Waals surface area contributed by atoms with Crippen molar-refractivity contribution in [3.63, 3.8) is 0 Å². The van der Waals surface area contributed by atoms with Crippen LogP contribution in [0.15, 0.2) is 78.9 Å². The third-order valence-electron chi connectivity index (χ3n) is 29.5. The fourth-order valence-electron chi connectivity index (χ4n) is 19.2. The quantitative estimate of drug-likeness (QED) is 0.0176. The smallest absolute Gasteiger partial charge is 0.302 e. The molecule has 31 heteroatoms. The number of aliphatic hydroxyl groups is 1. The summed E-state index contributed by atoms with van der Waals surface area (Å²) in [6, 6.07) is 25.2. The first kappa shape index (κ1) is 122. The lowest BCUT2D eigenvalue weighted by Gasteiger charge is -2.43. The minimum absolute atomic E-state index is 0.0201. The molecule has 15 unspecified atom stereocenters. The second-order valence-electron chi connectivity index (χ2n) is 40.6. The number of ether oxygens (including phenoxy) is 15. The van der Waals surface area contributed by atoms with Gasteiger partial charge in [0.25, 0.3) is 0 Å². The van der Waals surface area contributed by atoms with E-state index in [1.165, 1.54) is 20.8 Å². The molecule has 4 aliphatic heterocycles. The van der Waals surface area contributed by atoms with E-state index in [1.54, 1.807) is 19.1 Å². The predicted molar refractivity (Wildman–Crippen MR) is 542 cm³/mol. The third-order valence-corrected chi connectivity index (χ3v) is 29.5. The molecule has 0 aliphatic carbocycles. The topological polar surface area (TPSA) is 386 Å². The van der Waals surface area contributed by atoms with Gasteiger partial charge in [-0.05, 0) is 166 Å². The second-order valence-corrected chi connectivity index (χ2v) is 40.6. The number of likely N-dealkylation sites (tertiary alicyclic amines) is 1.